The summed E-state index contributed by atoms with van der Waals surface area (Å²) in [5, 5.41) is 4.72. The molecule has 2 N–H and O–H groups in total. The van der Waals surface area contributed by atoms with Crippen molar-refractivity contribution in [2.45, 2.75) is 6.92 Å². The number of nitrogens with two attached hydrogens (primary N) is 1. The normalized spacial score (nSPS) is 10.4. The fraction of sp³-hybridized carbons (Fsp3) is 0.133. The second-order valence-electron chi connectivity index (χ2n) is 4.84. The van der Waals surface area contributed by atoms with Crippen LogP contribution in [0.5, 0.6) is 0 Å². The first-order valence-corrected chi connectivity index (χ1v) is 7.21. The van der Waals surface area contributed by atoms with E-state index in [1.165, 1.54) is 29.1 Å². The first-order valence-electron chi connectivity index (χ1n) is 6.45. The summed E-state index contributed by atoms with van der Waals surface area (Å²) in [6.07, 6.45) is 1.20. The highest BCUT2D eigenvalue weighted by atomic mass is 35.5. The van der Waals surface area contributed by atoms with Gasteiger partial charge in [-0.25, -0.2) is 9.48 Å². The molecule has 0 aliphatic rings. The Hall–Kier alpha value is -2.31. The summed E-state index contributed by atoms with van der Waals surface area (Å²) >= 11 is 11.9. The van der Waals surface area contributed by atoms with Crippen LogP contribution in [0, 0.1) is 0 Å². The zero-order chi connectivity index (χ0) is 17.1. The van der Waals surface area contributed by atoms with Crippen LogP contribution in [0.3, 0.4) is 0 Å². The zero-order valence-corrected chi connectivity index (χ0v) is 13.7. The molecule has 1 amide bonds. The van der Waals surface area contributed by atoms with Crippen molar-refractivity contribution in [1.82, 2.24) is 9.78 Å². The maximum absolute atomic E-state index is 12.1. The van der Waals surface area contributed by atoms with Crippen molar-refractivity contribution < 1.29 is 14.3 Å². The van der Waals surface area contributed by atoms with Gasteiger partial charge in [0.05, 0.1) is 11.9 Å². The third-order valence-electron chi connectivity index (χ3n) is 2.76. The Labute approximate surface area is 142 Å². The lowest BCUT2D eigenvalue weighted by atomic mass is 10.2. The van der Waals surface area contributed by atoms with Crippen LogP contribution in [-0.2, 0) is 4.74 Å². The maximum atomic E-state index is 12.1. The van der Waals surface area contributed by atoms with Crippen LogP contribution in [0.15, 0.2) is 36.5 Å². The summed E-state index contributed by atoms with van der Waals surface area (Å²) in [6.45, 7) is 5.37. The van der Waals surface area contributed by atoms with E-state index in [9.17, 15) is 9.59 Å². The third-order valence-corrected chi connectivity index (χ3v) is 3.20. The molecule has 0 saturated carbocycles. The molecule has 6 nitrogen and oxygen atoms in total. The fourth-order valence-corrected chi connectivity index (χ4v) is 2.37. The van der Waals surface area contributed by atoms with Gasteiger partial charge in [0.1, 0.15) is 17.9 Å². The van der Waals surface area contributed by atoms with Gasteiger partial charge in [0.25, 0.3) is 5.91 Å². The molecule has 0 atom stereocenters. The highest BCUT2D eigenvalue weighted by Crippen LogP contribution is 2.23. The summed E-state index contributed by atoms with van der Waals surface area (Å²) in [5.41, 5.74) is 6.27. The van der Waals surface area contributed by atoms with Crippen LogP contribution in [0.2, 0.25) is 10.0 Å². The number of ether oxygens (including phenoxy) is 1. The molecule has 8 heteroatoms. The van der Waals surface area contributed by atoms with E-state index in [4.69, 9.17) is 33.7 Å². The van der Waals surface area contributed by atoms with Gasteiger partial charge in [-0.2, -0.15) is 5.10 Å². The number of carbonyl (C=O) groups is 2. The van der Waals surface area contributed by atoms with Crippen molar-refractivity contribution in [2.75, 3.05) is 6.61 Å². The second kappa shape index (κ2) is 6.85. The van der Waals surface area contributed by atoms with Gasteiger partial charge in [-0.1, -0.05) is 29.8 Å². The van der Waals surface area contributed by atoms with Gasteiger partial charge in [-0.15, -0.1) is 0 Å². The van der Waals surface area contributed by atoms with Gasteiger partial charge in [-0.05, 0) is 30.7 Å². The SMILES string of the molecule is C=C(C)COC(=O)c1cnn(-c2cc(Cl)cc(Cl)c2)c1C(N)=O. The summed E-state index contributed by atoms with van der Waals surface area (Å²) in [6, 6.07) is 4.61. The van der Waals surface area contributed by atoms with Crippen LogP contribution in [0.1, 0.15) is 27.8 Å². The standard InChI is InChI=1S/C15H13Cl2N3O3/c1-8(2)7-23-15(22)12-6-19-20(13(12)14(18)21)11-4-9(16)3-10(17)5-11/h3-6H,1,7H2,2H3,(H2,18,21). The molecule has 2 aromatic rings. The first kappa shape index (κ1) is 17.1. The molecular formula is C15H13Cl2N3O3. The minimum absolute atomic E-state index is 0.0329. The van der Waals surface area contributed by atoms with Crippen molar-refractivity contribution in [2.24, 2.45) is 5.73 Å². The summed E-state index contributed by atoms with van der Waals surface area (Å²) in [5.74, 6) is -1.55. The molecule has 2 rings (SSSR count). The topological polar surface area (TPSA) is 87.2 Å². The van der Waals surface area contributed by atoms with Crippen LogP contribution in [0.4, 0.5) is 0 Å². The van der Waals surface area contributed by atoms with Gasteiger partial charge in [0, 0.05) is 10.0 Å². The summed E-state index contributed by atoms with van der Waals surface area (Å²) < 4.78 is 6.22. The Kier molecular flexibility index (Phi) is 5.08. The van der Waals surface area contributed by atoms with Crippen LogP contribution in [0.25, 0.3) is 5.69 Å². The van der Waals surface area contributed by atoms with E-state index in [0.717, 1.165) is 0 Å². The molecule has 1 aromatic heterocycles. The van der Waals surface area contributed by atoms with Crippen LogP contribution < -0.4 is 5.73 Å². The number of hydrogen-bond donors (Lipinski definition) is 1. The Morgan fingerprint density at radius 1 is 1.30 bits per heavy atom. The number of aromatic nitrogens is 2. The average Bonchev–Trinajstić information content (AvgIpc) is 2.88. The van der Waals surface area contributed by atoms with Gasteiger partial charge in [0.2, 0.25) is 0 Å². The molecule has 23 heavy (non-hydrogen) atoms. The number of esters is 1. The van der Waals surface area contributed by atoms with E-state index in [2.05, 4.69) is 11.7 Å². The first-order chi connectivity index (χ1) is 10.8. The largest absolute Gasteiger partial charge is 0.457 e. The number of rotatable bonds is 5. The molecule has 0 fully saturated rings. The zero-order valence-electron chi connectivity index (χ0n) is 12.2. The molecule has 0 radical (unpaired) electrons. The Morgan fingerprint density at radius 2 is 1.91 bits per heavy atom. The van der Waals surface area contributed by atoms with Gasteiger partial charge < -0.3 is 10.5 Å². The fourth-order valence-electron chi connectivity index (χ4n) is 1.86. The van der Waals surface area contributed by atoms with Gasteiger partial charge in [0.15, 0.2) is 0 Å². The minimum atomic E-state index is -0.833. The number of nitrogens with zero attached hydrogens (tertiary/aromatic N) is 2. The number of hydrogen-bond acceptors (Lipinski definition) is 4. The van der Waals surface area contributed by atoms with E-state index < -0.39 is 11.9 Å². The highest BCUT2D eigenvalue weighted by Gasteiger charge is 2.24. The third kappa shape index (κ3) is 3.91. The van der Waals surface area contributed by atoms with E-state index in [1.807, 2.05) is 0 Å². The molecule has 0 aliphatic carbocycles. The van der Waals surface area contributed by atoms with Crippen molar-refractivity contribution in [1.29, 1.82) is 0 Å². The predicted octanol–water partition coefficient (Wildman–Crippen LogP) is 3.01. The Morgan fingerprint density at radius 3 is 2.43 bits per heavy atom. The van der Waals surface area contributed by atoms with E-state index >= 15 is 0 Å². The van der Waals surface area contributed by atoms with Gasteiger partial charge in [-0.3, -0.25) is 4.79 Å². The van der Waals surface area contributed by atoms with Crippen molar-refractivity contribution >= 4 is 35.1 Å². The van der Waals surface area contributed by atoms with Crippen LogP contribution >= 0.6 is 23.2 Å². The number of benzene rings is 1. The lowest BCUT2D eigenvalue weighted by Crippen LogP contribution is -2.21. The number of amides is 1. The molecular weight excluding hydrogens is 341 g/mol. The van der Waals surface area contributed by atoms with E-state index in [0.29, 0.717) is 21.3 Å². The number of carbonyl (C=O) groups excluding carboxylic acids is 2. The molecule has 1 aromatic carbocycles. The monoisotopic (exact) mass is 353 g/mol. The molecule has 0 saturated heterocycles. The highest BCUT2D eigenvalue weighted by molar-refractivity contribution is 6.34. The van der Waals surface area contributed by atoms with Gasteiger partial charge >= 0.3 is 5.97 Å². The average molecular weight is 354 g/mol. The molecule has 0 unspecified atom stereocenters. The Bertz CT molecular complexity index is 779. The predicted molar refractivity (Wildman–Crippen MR) is 87.2 cm³/mol. The molecule has 0 spiro atoms. The Balaban J connectivity index is 2.48. The van der Waals surface area contributed by atoms with E-state index in [-0.39, 0.29) is 17.9 Å². The maximum Gasteiger partial charge on any atom is 0.342 e. The molecule has 0 aliphatic heterocycles. The lowest BCUT2D eigenvalue weighted by molar-refractivity contribution is 0.0537. The number of halogens is 2. The minimum Gasteiger partial charge on any atom is -0.457 e. The van der Waals surface area contributed by atoms with Crippen molar-refractivity contribution in [3.05, 3.63) is 57.9 Å². The molecule has 120 valence electrons. The molecule has 0 bridgehead atoms. The quantitative estimate of drug-likeness (QED) is 0.660. The van der Waals surface area contributed by atoms with E-state index in [1.54, 1.807) is 6.92 Å². The second-order valence-corrected chi connectivity index (χ2v) is 5.72. The van der Waals surface area contributed by atoms with Crippen LogP contribution in [-0.4, -0.2) is 28.3 Å². The van der Waals surface area contributed by atoms with Crippen molar-refractivity contribution in [3.63, 3.8) is 0 Å². The molecule has 1 heterocycles. The summed E-state index contributed by atoms with van der Waals surface area (Å²) in [4.78, 5) is 23.8. The summed E-state index contributed by atoms with van der Waals surface area (Å²) in [7, 11) is 0. The van der Waals surface area contributed by atoms with Crippen molar-refractivity contribution in [3.8, 4) is 5.69 Å². The number of primary amides is 1. The lowest BCUT2D eigenvalue weighted by Gasteiger charge is -2.08. The smallest absolute Gasteiger partial charge is 0.342 e.